The van der Waals surface area contributed by atoms with Crippen LogP contribution < -0.4 is 10.6 Å². The van der Waals surface area contributed by atoms with Crippen LogP contribution in [0.5, 0.6) is 0 Å². The van der Waals surface area contributed by atoms with Crippen molar-refractivity contribution >= 4 is 17.5 Å². The summed E-state index contributed by atoms with van der Waals surface area (Å²) in [5, 5.41) is 17.0. The molecule has 3 rings (SSSR count). The smallest absolute Gasteiger partial charge is 0.329 e. The van der Waals surface area contributed by atoms with Gasteiger partial charge in [0.15, 0.2) is 0 Å². The highest BCUT2D eigenvalue weighted by Gasteiger charge is 2.39. The van der Waals surface area contributed by atoms with E-state index in [0.29, 0.717) is 11.9 Å². The predicted molar refractivity (Wildman–Crippen MR) is 79.4 cm³/mol. The summed E-state index contributed by atoms with van der Waals surface area (Å²) >= 11 is 0. The molecule has 1 fully saturated rings. The molecule has 1 heterocycles. The Kier molecular flexibility index (Phi) is 3.39. The summed E-state index contributed by atoms with van der Waals surface area (Å²) in [6.45, 7) is 0. The van der Waals surface area contributed by atoms with Crippen LogP contribution in [-0.2, 0) is 0 Å². The van der Waals surface area contributed by atoms with Crippen LogP contribution in [0, 0.1) is 10.1 Å². The van der Waals surface area contributed by atoms with E-state index in [1.807, 2.05) is 18.2 Å². The lowest BCUT2D eigenvalue weighted by atomic mass is 10.1. The molecule has 2 N–H and O–H groups in total. The first-order valence-corrected chi connectivity index (χ1v) is 6.69. The minimum Gasteiger partial charge on any atom is -0.361 e. The molecule has 0 spiro atoms. The van der Waals surface area contributed by atoms with Crippen molar-refractivity contribution in [3.8, 4) is 0 Å². The maximum atomic E-state index is 11.0. The van der Waals surface area contributed by atoms with Gasteiger partial charge in [0, 0.05) is 19.0 Å². The van der Waals surface area contributed by atoms with E-state index in [-0.39, 0.29) is 17.5 Å². The quantitative estimate of drug-likeness (QED) is 0.647. The molecule has 0 aliphatic heterocycles. The Morgan fingerprint density at radius 2 is 2.10 bits per heavy atom. The van der Waals surface area contributed by atoms with E-state index in [1.165, 1.54) is 11.8 Å². The third kappa shape index (κ3) is 2.76. The molecule has 2 aromatic rings. The number of nitrogens with one attached hydrogen (secondary N) is 2. The monoisotopic (exact) mass is 285 g/mol. The Bertz CT molecular complexity index is 662. The van der Waals surface area contributed by atoms with Crippen LogP contribution in [0.2, 0.25) is 0 Å². The molecule has 1 aliphatic carbocycles. The lowest BCUT2D eigenvalue weighted by Crippen LogP contribution is -2.10. The summed E-state index contributed by atoms with van der Waals surface area (Å²) in [5.41, 5.74) is 1.13. The predicted octanol–water partition coefficient (Wildman–Crippen LogP) is 2.39. The molecule has 1 saturated carbocycles. The maximum Gasteiger partial charge on any atom is 0.329 e. The molecule has 0 bridgehead atoms. The van der Waals surface area contributed by atoms with Gasteiger partial charge < -0.3 is 10.6 Å². The van der Waals surface area contributed by atoms with Crippen LogP contribution in [0.15, 0.2) is 36.5 Å². The van der Waals surface area contributed by atoms with E-state index in [2.05, 4.69) is 32.7 Å². The molecule has 7 nitrogen and oxygen atoms in total. The van der Waals surface area contributed by atoms with Crippen molar-refractivity contribution in [2.45, 2.75) is 18.4 Å². The molecule has 1 aromatic heterocycles. The van der Waals surface area contributed by atoms with Gasteiger partial charge >= 0.3 is 5.69 Å². The zero-order valence-electron chi connectivity index (χ0n) is 11.5. The van der Waals surface area contributed by atoms with Gasteiger partial charge in [0.25, 0.3) is 0 Å². The highest BCUT2D eigenvalue weighted by Crippen LogP contribution is 2.43. The number of anilines is 2. The van der Waals surface area contributed by atoms with Crippen LogP contribution in [0.25, 0.3) is 0 Å². The highest BCUT2D eigenvalue weighted by molar-refractivity contribution is 5.58. The van der Waals surface area contributed by atoms with Gasteiger partial charge in [0.05, 0.1) is 4.92 Å². The third-order valence-corrected chi connectivity index (χ3v) is 3.53. The fourth-order valence-electron chi connectivity index (χ4n) is 2.33. The molecule has 1 aromatic carbocycles. The summed E-state index contributed by atoms with van der Waals surface area (Å²) in [7, 11) is 1.68. The lowest BCUT2D eigenvalue weighted by Gasteiger charge is -2.07. The minimum absolute atomic E-state index is 0.104. The van der Waals surface area contributed by atoms with Gasteiger partial charge in [-0.25, -0.2) is 4.98 Å². The lowest BCUT2D eigenvalue weighted by molar-refractivity contribution is -0.384. The maximum absolute atomic E-state index is 11.0. The molecule has 7 heteroatoms. The number of hydrogen-bond acceptors (Lipinski definition) is 6. The van der Waals surface area contributed by atoms with Gasteiger partial charge in [-0.2, -0.15) is 4.98 Å². The number of aromatic nitrogens is 2. The standard InChI is InChI=1S/C14H15N5O2/c1-15-14-16-8-12(19(20)21)13(18-14)17-11-7-10(11)9-5-3-2-4-6-9/h2-6,8,10-11H,7H2,1H3,(H2,15,16,17,18). The molecule has 0 amide bonds. The second-order valence-corrected chi connectivity index (χ2v) is 4.94. The topological polar surface area (TPSA) is 93.0 Å². The van der Waals surface area contributed by atoms with E-state index < -0.39 is 4.92 Å². The third-order valence-electron chi connectivity index (χ3n) is 3.53. The van der Waals surface area contributed by atoms with Crippen LogP contribution in [0.3, 0.4) is 0 Å². The number of benzene rings is 1. The first-order chi connectivity index (χ1) is 10.2. The van der Waals surface area contributed by atoms with Gasteiger partial charge in [-0.15, -0.1) is 0 Å². The summed E-state index contributed by atoms with van der Waals surface area (Å²) < 4.78 is 0. The Balaban J connectivity index is 1.78. The summed E-state index contributed by atoms with van der Waals surface area (Å²) in [6, 6.07) is 10.3. The number of rotatable bonds is 5. The molecule has 2 unspecified atom stereocenters. The van der Waals surface area contributed by atoms with Crippen LogP contribution >= 0.6 is 0 Å². The first-order valence-electron chi connectivity index (χ1n) is 6.69. The molecule has 0 radical (unpaired) electrons. The Labute approximate surface area is 121 Å². The van der Waals surface area contributed by atoms with E-state index in [0.717, 1.165) is 6.42 Å². The van der Waals surface area contributed by atoms with Gasteiger partial charge in [-0.3, -0.25) is 10.1 Å². The number of nitro groups is 1. The zero-order valence-corrected chi connectivity index (χ0v) is 11.5. The van der Waals surface area contributed by atoms with E-state index >= 15 is 0 Å². The van der Waals surface area contributed by atoms with Gasteiger partial charge in [-0.05, 0) is 12.0 Å². The van der Waals surface area contributed by atoms with Crippen LogP contribution in [0.1, 0.15) is 17.9 Å². The molecule has 1 aliphatic rings. The van der Waals surface area contributed by atoms with Crippen molar-refractivity contribution in [1.82, 2.24) is 9.97 Å². The van der Waals surface area contributed by atoms with Crippen LogP contribution in [0.4, 0.5) is 17.5 Å². The fraction of sp³-hybridized carbons (Fsp3) is 0.286. The van der Waals surface area contributed by atoms with Crippen molar-refractivity contribution in [2.75, 3.05) is 17.7 Å². The molecule has 21 heavy (non-hydrogen) atoms. The van der Waals surface area contributed by atoms with Crippen molar-refractivity contribution in [3.05, 3.63) is 52.2 Å². The fourth-order valence-corrected chi connectivity index (χ4v) is 2.33. The van der Waals surface area contributed by atoms with Crippen molar-refractivity contribution in [1.29, 1.82) is 0 Å². The number of nitrogens with zero attached hydrogens (tertiary/aromatic N) is 3. The Morgan fingerprint density at radius 1 is 1.33 bits per heavy atom. The minimum atomic E-state index is -0.471. The second kappa shape index (κ2) is 5.35. The molecule has 2 atom stereocenters. The van der Waals surface area contributed by atoms with E-state index in [1.54, 1.807) is 7.05 Å². The van der Waals surface area contributed by atoms with E-state index in [4.69, 9.17) is 0 Å². The zero-order chi connectivity index (χ0) is 14.8. The Morgan fingerprint density at radius 3 is 2.76 bits per heavy atom. The van der Waals surface area contributed by atoms with E-state index in [9.17, 15) is 10.1 Å². The van der Waals surface area contributed by atoms with Crippen molar-refractivity contribution in [2.24, 2.45) is 0 Å². The summed E-state index contributed by atoms with van der Waals surface area (Å²) in [5.74, 6) is 1.00. The number of hydrogen-bond donors (Lipinski definition) is 2. The SMILES string of the molecule is CNc1ncc([N+](=O)[O-])c(NC2CC2c2ccccc2)n1. The summed E-state index contributed by atoms with van der Waals surface area (Å²) in [6.07, 6.45) is 2.17. The first kappa shape index (κ1) is 13.3. The van der Waals surface area contributed by atoms with Gasteiger partial charge in [0.2, 0.25) is 11.8 Å². The average Bonchev–Trinajstić information content (AvgIpc) is 3.27. The molecular formula is C14H15N5O2. The van der Waals surface area contributed by atoms with Gasteiger partial charge in [0.1, 0.15) is 6.20 Å². The largest absolute Gasteiger partial charge is 0.361 e. The second-order valence-electron chi connectivity index (χ2n) is 4.94. The molecular weight excluding hydrogens is 270 g/mol. The Hall–Kier alpha value is -2.70. The highest BCUT2D eigenvalue weighted by atomic mass is 16.6. The normalized spacial score (nSPS) is 19.9. The van der Waals surface area contributed by atoms with Crippen LogP contribution in [-0.4, -0.2) is 28.0 Å². The summed E-state index contributed by atoms with van der Waals surface area (Å²) in [4.78, 5) is 18.6. The van der Waals surface area contributed by atoms with Crippen molar-refractivity contribution < 1.29 is 4.92 Å². The van der Waals surface area contributed by atoms with Gasteiger partial charge in [-0.1, -0.05) is 30.3 Å². The average molecular weight is 285 g/mol. The van der Waals surface area contributed by atoms with Crippen molar-refractivity contribution in [3.63, 3.8) is 0 Å². The molecule has 0 saturated heterocycles. The molecule has 108 valence electrons.